The number of urea groups is 1. The molecule has 286 valence electrons. The van der Waals surface area contributed by atoms with Crippen molar-refractivity contribution in [2.45, 2.75) is 136 Å². The molecule has 1 saturated carbocycles. The Morgan fingerprint density at radius 2 is 1.69 bits per heavy atom. The van der Waals surface area contributed by atoms with Crippen LogP contribution < -0.4 is 10.6 Å². The van der Waals surface area contributed by atoms with Gasteiger partial charge in [-0.3, -0.25) is 10.2 Å². The lowest BCUT2D eigenvalue weighted by Crippen LogP contribution is -2.47. The topological polar surface area (TPSA) is 157 Å². The number of carbonyl (C=O) groups is 3. The van der Waals surface area contributed by atoms with Gasteiger partial charge in [-0.05, 0) is 89.9 Å². The third-order valence-corrected chi connectivity index (χ3v) is 14.5. The third kappa shape index (κ3) is 9.52. The van der Waals surface area contributed by atoms with E-state index in [4.69, 9.17) is 23.3 Å². The summed E-state index contributed by atoms with van der Waals surface area (Å²) in [6.07, 6.45) is 0.383. The van der Waals surface area contributed by atoms with Crippen LogP contribution in [0.15, 0.2) is 45.9 Å². The van der Waals surface area contributed by atoms with Crippen LogP contribution in [0.3, 0.4) is 0 Å². The highest BCUT2D eigenvalue weighted by atomic mass is 28.4. The van der Waals surface area contributed by atoms with Gasteiger partial charge in [-0.1, -0.05) is 56.3 Å². The van der Waals surface area contributed by atoms with Gasteiger partial charge in [0.2, 0.25) is 5.96 Å². The quantitative estimate of drug-likeness (QED) is 0.149. The van der Waals surface area contributed by atoms with Gasteiger partial charge < -0.3 is 28.6 Å². The number of rotatable bonds is 9. The molecule has 15 heteroatoms. The molecule has 3 aliphatic rings. The third-order valence-electron chi connectivity index (χ3n) is 9.99. The number of ether oxygens (including phenoxy) is 2. The van der Waals surface area contributed by atoms with E-state index in [-0.39, 0.29) is 41.1 Å². The molecule has 3 fully saturated rings. The summed E-state index contributed by atoms with van der Waals surface area (Å²) in [6.45, 7) is 21.9. The summed E-state index contributed by atoms with van der Waals surface area (Å²) >= 11 is 0. The van der Waals surface area contributed by atoms with Crippen LogP contribution in [0.25, 0.3) is 0 Å². The predicted octanol–water partition coefficient (Wildman–Crippen LogP) is 7.61. The van der Waals surface area contributed by atoms with Gasteiger partial charge in [0.15, 0.2) is 14.1 Å². The van der Waals surface area contributed by atoms with Crippen LogP contribution in [0.1, 0.15) is 111 Å². The van der Waals surface area contributed by atoms with Crippen molar-refractivity contribution in [3.63, 3.8) is 0 Å². The number of hydrogen-bond acceptors (Lipinski definition) is 9. The van der Waals surface area contributed by atoms with Crippen molar-refractivity contribution in [2.75, 3.05) is 13.1 Å². The van der Waals surface area contributed by atoms with E-state index in [2.05, 4.69) is 54.6 Å². The summed E-state index contributed by atoms with van der Waals surface area (Å²) in [5, 5.41) is 11.5. The van der Waals surface area contributed by atoms with Gasteiger partial charge in [-0.15, -0.1) is 4.99 Å². The fourth-order valence-corrected chi connectivity index (χ4v) is 7.45. The largest absolute Gasteiger partial charge is 0.444 e. The normalized spacial score (nSPS) is 20.9. The SMILES string of the molecule is CC(C)(C)OC(=O)/N=C(\NCC(O[Si](C)(C)C(C)(C)C)c1cc([C@@H]2CC3(CC3)[C@H]3CN2C(=O)N3OCc2ccccc2)no1)NC(=O)OC(C)(C)C. The van der Waals surface area contributed by atoms with Crippen LogP contribution in [-0.4, -0.2) is 77.9 Å². The van der Waals surface area contributed by atoms with Crippen molar-refractivity contribution in [3.05, 3.63) is 53.4 Å². The highest BCUT2D eigenvalue weighted by Gasteiger charge is 2.63. The number of guanidine groups is 1. The Kier molecular flexibility index (Phi) is 10.9. The zero-order valence-corrected chi connectivity index (χ0v) is 33.5. The van der Waals surface area contributed by atoms with Gasteiger partial charge in [0.1, 0.15) is 29.6 Å². The maximum Gasteiger partial charge on any atom is 0.437 e. The number of amides is 4. The summed E-state index contributed by atoms with van der Waals surface area (Å²) in [5.41, 5.74) is 0.00223. The summed E-state index contributed by atoms with van der Waals surface area (Å²) in [6, 6.07) is 11.2. The van der Waals surface area contributed by atoms with Gasteiger partial charge in [-0.2, -0.15) is 5.06 Å². The Labute approximate surface area is 308 Å². The molecule has 1 aromatic carbocycles. The van der Waals surface area contributed by atoms with Gasteiger partial charge in [0.05, 0.1) is 18.6 Å². The first-order chi connectivity index (χ1) is 24.1. The van der Waals surface area contributed by atoms with E-state index in [1.54, 1.807) is 46.6 Å². The lowest BCUT2D eigenvalue weighted by molar-refractivity contribution is -0.153. The number of fused-ring (bicyclic) bond motifs is 3. The minimum Gasteiger partial charge on any atom is -0.444 e. The Bertz CT molecular complexity index is 1640. The molecule has 2 aliphatic heterocycles. The zero-order valence-electron chi connectivity index (χ0n) is 32.5. The van der Waals surface area contributed by atoms with Crippen molar-refractivity contribution in [1.29, 1.82) is 0 Å². The zero-order chi connectivity index (χ0) is 38.3. The molecular formula is C37H56N6O8Si. The monoisotopic (exact) mass is 740 g/mol. The average molecular weight is 741 g/mol. The first kappa shape index (κ1) is 39.3. The maximum absolute atomic E-state index is 13.8. The molecule has 52 heavy (non-hydrogen) atoms. The van der Waals surface area contributed by atoms with E-state index in [0.717, 1.165) is 24.8 Å². The molecule has 2 saturated heterocycles. The molecule has 1 unspecified atom stereocenters. The van der Waals surface area contributed by atoms with Crippen LogP contribution >= 0.6 is 0 Å². The number of aliphatic imine (C=N–C) groups is 1. The number of aromatic nitrogens is 1. The second-order valence-corrected chi connectivity index (χ2v) is 22.3. The first-order valence-electron chi connectivity index (χ1n) is 18.0. The van der Waals surface area contributed by atoms with Gasteiger partial charge >= 0.3 is 18.2 Å². The van der Waals surface area contributed by atoms with Crippen molar-refractivity contribution in [1.82, 2.24) is 25.8 Å². The minimum absolute atomic E-state index is 0.0228. The number of nitrogens with zero attached hydrogens (tertiary/aromatic N) is 4. The molecule has 0 radical (unpaired) electrons. The first-order valence-corrected chi connectivity index (χ1v) is 20.9. The van der Waals surface area contributed by atoms with Crippen molar-refractivity contribution < 1.29 is 37.6 Å². The Hall–Kier alpha value is -3.95. The molecule has 3 atom stereocenters. The smallest absolute Gasteiger partial charge is 0.437 e. The lowest BCUT2D eigenvalue weighted by Gasteiger charge is -2.38. The fourth-order valence-electron chi connectivity index (χ4n) is 6.18. The van der Waals surface area contributed by atoms with Crippen LogP contribution in [0.4, 0.5) is 14.4 Å². The second kappa shape index (κ2) is 14.5. The molecule has 2 aromatic rings. The summed E-state index contributed by atoms with van der Waals surface area (Å²) in [4.78, 5) is 51.3. The Morgan fingerprint density at radius 1 is 1.04 bits per heavy atom. The summed E-state index contributed by atoms with van der Waals surface area (Å²) in [5.74, 6) is 0.274. The standard InChI is InChI=1S/C37H56N6O8Si/c1-34(2,3)48-31(44)39-30(40-32(45)49-35(4,5)6)38-21-28(51-52(10,11)36(7,8)9)27-19-25(41-50-27)26-20-37(17-18-37)29-22-42(26)33(46)43(29)47-23-24-15-13-12-14-16-24/h12-16,19,26,28-29H,17-18,20-23H2,1-11H3,(H2,38,39,40,44,45)/t26-,28?,29+/m0/s1. The Balaban J connectivity index is 1.38. The molecular weight excluding hydrogens is 685 g/mol. The highest BCUT2D eigenvalue weighted by molar-refractivity contribution is 6.74. The lowest BCUT2D eigenvalue weighted by atomic mass is 9.84. The Morgan fingerprint density at radius 3 is 2.29 bits per heavy atom. The molecule has 2 N–H and O–H groups in total. The predicted molar refractivity (Wildman–Crippen MR) is 197 cm³/mol. The molecule has 2 bridgehead atoms. The number of carbonyl (C=O) groups excluding carboxylic acids is 3. The highest BCUT2D eigenvalue weighted by Crippen LogP contribution is 2.62. The van der Waals surface area contributed by atoms with Gasteiger partial charge in [0.25, 0.3) is 0 Å². The van der Waals surface area contributed by atoms with Crippen LogP contribution in [0.2, 0.25) is 18.1 Å². The molecule has 1 spiro atoms. The van der Waals surface area contributed by atoms with E-state index in [1.807, 2.05) is 41.3 Å². The van der Waals surface area contributed by atoms with Crippen LogP contribution in [0, 0.1) is 5.41 Å². The maximum atomic E-state index is 13.8. The van der Waals surface area contributed by atoms with Gasteiger partial charge in [0, 0.05) is 12.6 Å². The van der Waals surface area contributed by atoms with Crippen molar-refractivity contribution in [2.24, 2.45) is 10.4 Å². The van der Waals surface area contributed by atoms with E-state index in [0.29, 0.717) is 24.6 Å². The average Bonchev–Trinajstić information content (AvgIpc) is 3.47. The van der Waals surface area contributed by atoms with E-state index in [1.165, 1.54) is 0 Å². The van der Waals surface area contributed by atoms with Crippen LogP contribution in [-0.2, 0) is 25.3 Å². The van der Waals surface area contributed by atoms with Crippen molar-refractivity contribution in [3.8, 4) is 0 Å². The number of piperidine rings is 1. The van der Waals surface area contributed by atoms with E-state index < -0.39 is 37.8 Å². The second-order valence-electron chi connectivity index (χ2n) is 17.6. The number of hydroxylamine groups is 2. The number of hydrogen-bond donors (Lipinski definition) is 2. The molecule has 14 nitrogen and oxygen atoms in total. The number of nitrogens with one attached hydrogen (secondary N) is 2. The fraction of sp³-hybridized carbons (Fsp3) is 0.649. The number of alkyl carbamates (subject to hydrolysis) is 1. The summed E-state index contributed by atoms with van der Waals surface area (Å²) < 4.78 is 23.7. The minimum atomic E-state index is -2.42. The summed E-state index contributed by atoms with van der Waals surface area (Å²) in [7, 11) is -2.42. The van der Waals surface area contributed by atoms with Crippen LogP contribution in [0.5, 0.6) is 0 Å². The van der Waals surface area contributed by atoms with Gasteiger partial charge in [-0.25, -0.2) is 14.4 Å². The molecule has 3 heterocycles. The van der Waals surface area contributed by atoms with E-state index >= 15 is 0 Å². The number of benzene rings is 1. The molecule has 4 amide bonds. The van der Waals surface area contributed by atoms with E-state index in [9.17, 15) is 14.4 Å². The molecule has 5 rings (SSSR count). The van der Waals surface area contributed by atoms with Crippen molar-refractivity contribution >= 4 is 32.5 Å². The molecule has 1 aliphatic carbocycles. The molecule has 1 aromatic heterocycles.